The molecule has 1 rings (SSSR count). The van der Waals surface area contributed by atoms with Crippen molar-refractivity contribution in [3.8, 4) is 0 Å². The number of urea groups is 1. The molecule has 20 heavy (non-hydrogen) atoms. The number of carbonyl (C=O) groups is 2. The van der Waals surface area contributed by atoms with E-state index in [1.165, 1.54) is 6.92 Å². The highest BCUT2D eigenvalue weighted by molar-refractivity contribution is 7.99. The van der Waals surface area contributed by atoms with Gasteiger partial charge in [0, 0.05) is 0 Å². The van der Waals surface area contributed by atoms with E-state index in [-0.39, 0.29) is 17.0 Å². The molecule has 0 bridgehead atoms. The second kappa shape index (κ2) is 7.76. The van der Waals surface area contributed by atoms with E-state index in [1.54, 1.807) is 18.2 Å². The number of ketones is 1. The number of amides is 2. The molecule has 4 nitrogen and oxygen atoms in total. The summed E-state index contributed by atoms with van der Waals surface area (Å²) >= 11 is 13.0. The minimum atomic E-state index is -0.475. The van der Waals surface area contributed by atoms with Crippen molar-refractivity contribution in [3.05, 3.63) is 28.2 Å². The molecule has 0 saturated carbocycles. The highest BCUT2D eigenvalue weighted by atomic mass is 35.5. The molecule has 0 spiro atoms. The Morgan fingerprint density at radius 2 is 1.75 bits per heavy atom. The molecule has 1 aromatic rings. The molecule has 0 fully saturated rings. The number of hydrogen-bond donors (Lipinski definition) is 2. The second-order valence-electron chi connectivity index (χ2n) is 4.55. The zero-order valence-corrected chi connectivity index (χ0v) is 13.7. The van der Waals surface area contributed by atoms with Crippen LogP contribution in [0.25, 0.3) is 0 Å². The molecular weight excluding hydrogens is 319 g/mol. The monoisotopic (exact) mass is 334 g/mol. The third-order valence-corrected chi connectivity index (χ3v) is 4.55. The van der Waals surface area contributed by atoms with E-state index in [0.29, 0.717) is 15.7 Å². The van der Waals surface area contributed by atoms with Crippen molar-refractivity contribution >= 4 is 52.7 Å². The fraction of sp³-hybridized carbons (Fsp3) is 0.385. The minimum absolute atomic E-state index is 0.0149. The Morgan fingerprint density at radius 3 is 2.20 bits per heavy atom. The lowest BCUT2D eigenvalue weighted by Gasteiger charge is -2.17. The standard InChI is InChI=1S/C13H16Cl2N2O2S/c1-7(2)12(8(3)18)20-17-13(19)16-11-9(14)5-4-6-10(11)15/h4-7,12H,1-3H3,(H2,16,17,19)/t12-/m0/s1. The van der Waals surface area contributed by atoms with Gasteiger partial charge in [-0.25, -0.2) is 4.79 Å². The summed E-state index contributed by atoms with van der Waals surface area (Å²) in [5, 5.41) is 2.98. The van der Waals surface area contributed by atoms with E-state index in [9.17, 15) is 9.59 Å². The third-order valence-electron chi connectivity index (χ3n) is 2.49. The minimum Gasteiger partial charge on any atom is -0.304 e. The van der Waals surface area contributed by atoms with Crippen molar-refractivity contribution < 1.29 is 9.59 Å². The van der Waals surface area contributed by atoms with Crippen LogP contribution in [0.5, 0.6) is 0 Å². The number of nitrogens with one attached hydrogen (secondary N) is 2. The number of anilines is 1. The fourth-order valence-electron chi connectivity index (χ4n) is 1.56. The van der Waals surface area contributed by atoms with Gasteiger partial charge in [0.25, 0.3) is 0 Å². The van der Waals surface area contributed by atoms with Gasteiger partial charge in [0.1, 0.15) is 5.78 Å². The van der Waals surface area contributed by atoms with Crippen LogP contribution >= 0.6 is 35.1 Å². The van der Waals surface area contributed by atoms with Crippen LogP contribution in [0.15, 0.2) is 18.2 Å². The number of Topliss-reactive ketones (excluding diaryl/α,β-unsaturated/α-hetero) is 1. The van der Waals surface area contributed by atoms with E-state index in [2.05, 4.69) is 10.0 Å². The van der Waals surface area contributed by atoms with Crippen LogP contribution in [0, 0.1) is 5.92 Å². The number of rotatable bonds is 5. The first-order valence-electron chi connectivity index (χ1n) is 6.00. The van der Waals surface area contributed by atoms with Crippen molar-refractivity contribution in [1.29, 1.82) is 0 Å². The first kappa shape index (κ1) is 17.1. The Bertz CT molecular complexity index is 489. The predicted octanol–water partition coefficient (Wildman–Crippen LogP) is 4.38. The average molecular weight is 335 g/mol. The first-order chi connectivity index (χ1) is 9.32. The fourth-order valence-corrected chi connectivity index (χ4v) is 2.78. The summed E-state index contributed by atoms with van der Waals surface area (Å²) in [6.45, 7) is 5.34. The van der Waals surface area contributed by atoms with Crippen molar-refractivity contribution in [2.24, 2.45) is 5.92 Å². The normalized spacial score (nSPS) is 12.1. The van der Waals surface area contributed by atoms with Gasteiger partial charge in [-0.05, 0) is 36.9 Å². The number of carbonyl (C=O) groups excluding carboxylic acids is 2. The van der Waals surface area contributed by atoms with Gasteiger partial charge >= 0.3 is 6.03 Å². The van der Waals surface area contributed by atoms with Crippen molar-refractivity contribution in [2.75, 3.05) is 5.32 Å². The quantitative estimate of drug-likeness (QED) is 0.785. The Balaban J connectivity index is 2.62. The lowest BCUT2D eigenvalue weighted by atomic mass is 10.1. The van der Waals surface area contributed by atoms with Crippen LogP contribution in [0.2, 0.25) is 10.0 Å². The van der Waals surface area contributed by atoms with Crippen LogP contribution in [0.4, 0.5) is 10.5 Å². The Kier molecular flexibility index (Phi) is 6.65. The van der Waals surface area contributed by atoms with E-state index in [4.69, 9.17) is 23.2 Å². The molecule has 0 saturated heterocycles. The summed E-state index contributed by atoms with van der Waals surface area (Å²) in [4.78, 5) is 23.2. The topological polar surface area (TPSA) is 58.2 Å². The second-order valence-corrected chi connectivity index (χ2v) is 6.31. The van der Waals surface area contributed by atoms with Gasteiger partial charge in [0.05, 0.1) is 21.0 Å². The van der Waals surface area contributed by atoms with Crippen molar-refractivity contribution in [2.45, 2.75) is 26.0 Å². The summed E-state index contributed by atoms with van der Waals surface area (Å²) in [7, 11) is 0. The number of hydrogen-bond acceptors (Lipinski definition) is 3. The van der Waals surface area contributed by atoms with Gasteiger partial charge in [-0.15, -0.1) is 0 Å². The summed E-state index contributed by atoms with van der Waals surface area (Å²) in [5.41, 5.74) is 0.345. The molecule has 2 amide bonds. The molecule has 110 valence electrons. The maximum absolute atomic E-state index is 11.8. The molecule has 2 N–H and O–H groups in total. The van der Waals surface area contributed by atoms with E-state index in [1.807, 2.05) is 13.8 Å². The van der Waals surface area contributed by atoms with Gasteiger partial charge in [-0.2, -0.15) is 0 Å². The zero-order valence-electron chi connectivity index (χ0n) is 11.4. The molecule has 0 heterocycles. The molecule has 7 heteroatoms. The molecule has 1 aromatic carbocycles. The highest BCUT2D eigenvalue weighted by Gasteiger charge is 2.20. The van der Waals surface area contributed by atoms with Gasteiger partial charge in [0.15, 0.2) is 0 Å². The molecular formula is C13H16Cl2N2O2S. The first-order valence-corrected chi connectivity index (χ1v) is 7.63. The smallest absolute Gasteiger partial charge is 0.304 e. The number of halogens is 2. The van der Waals surface area contributed by atoms with Gasteiger partial charge < -0.3 is 5.32 Å². The van der Waals surface area contributed by atoms with Crippen LogP contribution in [0.1, 0.15) is 20.8 Å². The zero-order chi connectivity index (χ0) is 15.3. The van der Waals surface area contributed by atoms with Crippen LogP contribution in [-0.2, 0) is 4.79 Å². The lowest BCUT2D eigenvalue weighted by Crippen LogP contribution is -2.30. The van der Waals surface area contributed by atoms with Gasteiger partial charge in [-0.3, -0.25) is 9.52 Å². The van der Waals surface area contributed by atoms with Crippen LogP contribution in [0.3, 0.4) is 0 Å². The molecule has 0 aliphatic rings. The molecule has 1 atom stereocenters. The maximum Gasteiger partial charge on any atom is 0.329 e. The Labute approximate surface area is 132 Å². The van der Waals surface area contributed by atoms with Crippen molar-refractivity contribution in [1.82, 2.24) is 4.72 Å². The van der Waals surface area contributed by atoms with E-state index < -0.39 is 6.03 Å². The van der Waals surface area contributed by atoms with Crippen LogP contribution in [-0.4, -0.2) is 17.1 Å². The highest BCUT2D eigenvalue weighted by Crippen LogP contribution is 2.29. The molecule has 0 aliphatic carbocycles. The summed E-state index contributed by atoms with van der Waals surface area (Å²) < 4.78 is 2.58. The summed E-state index contributed by atoms with van der Waals surface area (Å²) in [6.07, 6.45) is 0. The third kappa shape index (κ3) is 4.89. The Hall–Kier alpha value is -0.910. The van der Waals surface area contributed by atoms with E-state index >= 15 is 0 Å². The van der Waals surface area contributed by atoms with Crippen LogP contribution < -0.4 is 10.0 Å². The molecule has 0 aromatic heterocycles. The summed E-state index contributed by atoms with van der Waals surface area (Å²) in [5.74, 6) is 0.141. The average Bonchev–Trinajstić information content (AvgIpc) is 2.33. The number of benzene rings is 1. The van der Waals surface area contributed by atoms with E-state index in [0.717, 1.165) is 11.9 Å². The lowest BCUT2D eigenvalue weighted by molar-refractivity contribution is -0.117. The van der Waals surface area contributed by atoms with Gasteiger partial charge in [0.2, 0.25) is 0 Å². The SMILES string of the molecule is CC(=O)[C@@H](SNC(=O)Nc1c(Cl)cccc1Cl)C(C)C. The molecule has 0 aliphatic heterocycles. The summed E-state index contributed by atoms with van der Waals surface area (Å²) in [6, 6.07) is 4.47. The maximum atomic E-state index is 11.8. The predicted molar refractivity (Wildman–Crippen MR) is 85.5 cm³/mol. The largest absolute Gasteiger partial charge is 0.329 e. The molecule has 0 unspecified atom stereocenters. The van der Waals surface area contributed by atoms with Gasteiger partial charge in [-0.1, -0.05) is 43.1 Å². The Morgan fingerprint density at radius 1 is 1.20 bits per heavy atom. The molecule has 0 radical (unpaired) electrons. The number of para-hydroxylation sites is 1. The van der Waals surface area contributed by atoms with Crippen molar-refractivity contribution in [3.63, 3.8) is 0 Å².